The molecule has 5 heteroatoms. The van der Waals surface area contributed by atoms with Crippen LogP contribution in [0.25, 0.3) is 16.8 Å². The molecule has 0 atom stereocenters. The Kier molecular flexibility index (Phi) is 4.57. The molecule has 4 nitrogen and oxygen atoms in total. The first-order chi connectivity index (χ1) is 12.2. The van der Waals surface area contributed by atoms with E-state index in [1.165, 1.54) is 43.4 Å². The molecule has 1 saturated carbocycles. The lowest BCUT2D eigenvalue weighted by atomic mass is 9.89. The van der Waals surface area contributed by atoms with Gasteiger partial charge in [0, 0.05) is 17.5 Å². The van der Waals surface area contributed by atoms with Crippen molar-refractivity contribution in [1.29, 1.82) is 5.41 Å². The highest BCUT2D eigenvalue weighted by molar-refractivity contribution is 7.11. The Balaban J connectivity index is 1.51. The summed E-state index contributed by atoms with van der Waals surface area (Å²) >= 11 is 1.50. The summed E-state index contributed by atoms with van der Waals surface area (Å²) in [5, 5.41) is 21.7. The first-order valence-corrected chi connectivity index (χ1v) is 9.87. The van der Waals surface area contributed by atoms with Crippen molar-refractivity contribution in [3.8, 4) is 11.3 Å². The van der Waals surface area contributed by atoms with Gasteiger partial charge < -0.3 is 10.0 Å². The second kappa shape index (κ2) is 7.00. The summed E-state index contributed by atoms with van der Waals surface area (Å²) in [6.45, 7) is 1.33. The van der Waals surface area contributed by atoms with Gasteiger partial charge in [0.05, 0.1) is 17.8 Å². The Morgan fingerprint density at radius 1 is 1.16 bits per heavy atom. The number of aliphatic hydroxyl groups excluding tert-OH is 1. The monoisotopic (exact) mass is 353 g/mol. The van der Waals surface area contributed by atoms with Crippen LogP contribution in [0.5, 0.6) is 0 Å². The fraction of sp³-hybridized carbons (Fsp3) is 0.400. The molecule has 0 unspecified atom stereocenters. The number of thiazole rings is 1. The van der Waals surface area contributed by atoms with Gasteiger partial charge in [0.1, 0.15) is 16.6 Å². The minimum Gasteiger partial charge on any atom is -0.510 e. The molecule has 4 rings (SSSR count). The summed E-state index contributed by atoms with van der Waals surface area (Å²) in [7, 11) is 0. The minimum atomic E-state index is 0.287. The zero-order valence-electron chi connectivity index (χ0n) is 14.2. The Morgan fingerprint density at radius 2 is 1.92 bits per heavy atom. The molecule has 130 valence electrons. The molecule has 2 N–H and O–H groups in total. The molecule has 0 spiro atoms. The summed E-state index contributed by atoms with van der Waals surface area (Å²) in [6.07, 6.45) is 6.42. The lowest BCUT2D eigenvalue weighted by Crippen LogP contribution is -2.32. The topological polar surface area (TPSA) is 60.2 Å². The molecule has 2 aromatic rings. The van der Waals surface area contributed by atoms with Gasteiger partial charge in [0.15, 0.2) is 0 Å². The van der Waals surface area contributed by atoms with Gasteiger partial charge in [-0.2, -0.15) is 0 Å². The van der Waals surface area contributed by atoms with E-state index < -0.39 is 0 Å². The largest absolute Gasteiger partial charge is 0.510 e. The van der Waals surface area contributed by atoms with E-state index >= 15 is 0 Å². The van der Waals surface area contributed by atoms with Crippen molar-refractivity contribution in [3.63, 3.8) is 0 Å². The molecule has 0 amide bonds. The molecule has 1 fully saturated rings. The lowest BCUT2D eigenvalue weighted by molar-refractivity contribution is 0.268. The number of benzene rings is 1. The first-order valence-electron chi connectivity index (χ1n) is 8.99. The molecule has 2 aliphatic rings. The number of aromatic nitrogens is 1. The predicted molar refractivity (Wildman–Crippen MR) is 103 cm³/mol. The Labute approximate surface area is 152 Å². The molecule has 1 aliphatic carbocycles. The van der Waals surface area contributed by atoms with E-state index in [-0.39, 0.29) is 5.76 Å². The summed E-state index contributed by atoms with van der Waals surface area (Å²) in [6, 6.07) is 10.0. The van der Waals surface area contributed by atoms with E-state index in [9.17, 15) is 5.11 Å². The van der Waals surface area contributed by atoms with Crippen molar-refractivity contribution in [2.24, 2.45) is 5.92 Å². The highest BCUT2D eigenvalue weighted by Crippen LogP contribution is 2.33. The van der Waals surface area contributed by atoms with Crippen LogP contribution in [-0.4, -0.2) is 33.9 Å². The maximum Gasteiger partial charge on any atom is 0.135 e. The molecule has 1 aliphatic heterocycles. The van der Waals surface area contributed by atoms with Crippen molar-refractivity contribution in [1.82, 2.24) is 9.88 Å². The summed E-state index contributed by atoms with van der Waals surface area (Å²) in [5.74, 6) is 1.37. The number of aliphatic hydroxyl groups is 1. The first kappa shape index (κ1) is 16.3. The standard InChI is InChI=1S/C20H23N3OS/c21-19-18(17(24)12-23(19)11-14-7-3-1-4-8-14)20-22-16(13-25-20)15-9-5-2-6-10-15/h2,5-6,9-10,13-14,21,24H,1,3-4,7-8,11-12H2. The molecule has 2 heterocycles. The summed E-state index contributed by atoms with van der Waals surface area (Å²) in [5.41, 5.74) is 2.58. The Bertz CT molecular complexity index is 790. The van der Waals surface area contributed by atoms with E-state index in [0.29, 0.717) is 23.9 Å². The van der Waals surface area contributed by atoms with E-state index in [4.69, 9.17) is 5.41 Å². The lowest BCUT2D eigenvalue weighted by Gasteiger charge is -2.28. The van der Waals surface area contributed by atoms with Crippen molar-refractivity contribution in [2.45, 2.75) is 32.1 Å². The van der Waals surface area contributed by atoms with E-state index in [0.717, 1.165) is 22.8 Å². The van der Waals surface area contributed by atoms with Gasteiger partial charge >= 0.3 is 0 Å². The fourth-order valence-corrected chi connectivity index (χ4v) is 4.72. The number of amidine groups is 1. The highest BCUT2D eigenvalue weighted by atomic mass is 32.1. The molecule has 0 saturated heterocycles. The number of hydrogen-bond donors (Lipinski definition) is 2. The van der Waals surface area contributed by atoms with Gasteiger partial charge in [-0.25, -0.2) is 4.98 Å². The molecule has 0 radical (unpaired) electrons. The van der Waals surface area contributed by atoms with Crippen LogP contribution in [0.4, 0.5) is 0 Å². The molecular weight excluding hydrogens is 330 g/mol. The maximum absolute atomic E-state index is 10.5. The van der Waals surface area contributed by atoms with E-state index in [1.807, 2.05) is 40.6 Å². The van der Waals surface area contributed by atoms with Gasteiger partial charge in [0.25, 0.3) is 0 Å². The van der Waals surface area contributed by atoms with Gasteiger partial charge in [-0.15, -0.1) is 11.3 Å². The quantitative estimate of drug-likeness (QED) is 0.817. The number of nitrogens with one attached hydrogen (secondary N) is 1. The second-order valence-corrected chi connectivity index (χ2v) is 7.82. The summed E-state index contributed by atoms with van der Waals surface area (Å²) in [4.78, 5) is 6.70. The van der Waals surface area contributed by atoms with Crippen LogP contribution in [0.2, 0.25) is 0 Å². The van der Waals surface area contributed by atoms with Crippen LogP contribution in [0.1, 0.15) is 37.1 Å². The average Bonchev–Trinajstić information content (AvgIpc) is 3.22. The van der Waals surface area contributed by atoms with Crippen LogP contribution in [-0.2, 0) is 0 Å². The van der Waals surface area contributed by atoms with Crippen LogP contribution < -0.4 is 0 Å². The molecule has 25 heavy (non-hydrogen) atoms. The zero-order chi connectivity index (χ0) is 17.2. The van der Waals surface area contributed by atoms with Gasteiger partial charge in [-0.1, -0.05) is 49.6 Å². The third-order valence-corrected chi connectivity index (χ3v) is 6.03. The van der Waals surface area contributed by atoms with Crippen LogP contribution in [0, 0.1) is 11.3 Å². The van der Waals surface area contributed by atoms with Crippen molar-refractivity contribution in [2.75, 3.05) is 13.1 Å². The minimum absolute atomic E-state index is 0.287. The maximum atomic E-state index is 10.5. The number of hydrogen-bond acceptors (Lipinski definition) is 4. The number of nitrogens with zero attached hydrogens (tertiary/aromatic N) is 2. The second-order valence-electron chi connectivity index (χ2n) is 6.96. The molecular formula is C20H23N3OS. The molecule has 1 aromatic carbocycles. The predicted octanol–water partition coefficient (Wildman–Crippen LogP) is 4.95. The van der Waals surface area contributed by atoms with Crippen LogP contribution in [0.3, 0.4) is 0 Å². The van der Waals surface area contributed by atoms with Crippen LogP contribution >= 0.6 is 11.3 Å². The van der Waals surface area contributed by atoms with E-state index in [1.54, 1.807) is 0 Å². The third-order valence-electron chi connectivity index (χ3n) is 5.17. The highest BCUT2D eigenvalue weighted by Gasteiger charge is 2.31. The molecule has 1 aromatic heterocycles. The fourth-order valence-electron chi connectivity index (χ4n) is 3.83. The SMILES string of the molecule is N=C1C(c2nc(-c3ccccc3)cs2)=C(O)CN1CC1CCCCC1. The molecule has 0 bridgehead atoms. The average molecular weight is 353 g/mol. The van der Waals surface area contributed by atoms with Gasteiger partial charge in [-0.3, -0.25) is 5.41 Å². The zero-order valence-corrected chi connectivity index (χ0v) is 15.1. The van der Waals surface area contributed by atoms with Gasteiger partial charge in [0.2, 0.25) is 0 Å². The Hall–Kier alpha value is -2.14. The van der Waals surface area contributed by atoms with Crippen molar-refractivity contribution < 1.29 is 5.11 Å². The normalized spacial score (nSPS) is 19.0. The van der Waals surface area contributed by atoms with Crippen molar-refractivity contribution in [3.05, 3.63) is 46.5 Å². The number of rotatable bonds is 4. The van der Waals surface area contributed by atoms with Gasteiger partial charge in [-0.05, 0) is 18.8 Å². The summed E-state index contributed by atoms with van der Waals surface area (Å²) < 4.78 is 0. The van der Waals surface area contributed by atoms with E-state index in [2.05, 4.69) is 4.98 Å². The van der Waals surface area contributed by atoms with Crippen LogP contribution in [0.15, 0.2) is 41.5 Å². The smallest absolute Gasteiger partial charge is 0.135 e. The third kappa shape index (κ3) is 3.33. The Morgan fingerprint density at radius 3 is 2.68 bits per heavy atom. The van der Waals surface area contributed by atoms with Crippen molar-refractivity contribution >= 4 is 22.7 Å².